The van der Waals surface area contributed by atoms with Crippen molar-refractivity contribution < 1.29 is 14.3 Å². The maximum absolute atomic E-state index is 12.4. The van der Waals surface area contributed by atoms with E-state index in [1.165, 1.54) is 0 Å². The molecular formula is C20H23NO3. The largest absolute Gasteiger partial charge is 0.356 e. The van der Waals surface area contributed by atoms with E-state index in [9.17, 15) is 4.79 Å². The van der Waals surface area contributed by atoms with E-state index in [1.54, 1.807) is 0 Å². The molecule has 4 heteroatoms. The SMILES string of the molecule is O=C(CC(c1ccccc1)c1ccccc1)NCCC1OCCO1. The molecule has 1 N–H and O–H groups in total. The second-order valence-electron chi connectivity index (χ2n) is 5.89. The lowest BCUT2D eigenvalue weighted by Crippen LogP contribution is -2.28. The van der Waals surface area contributed by atoms with E-state index in [2.05, 4.69) is 29.6 Å². The molecule has 1 amide bonds. The van der Waals surface area contributed by atoms with E-state index in [0.29, 0.717) is 32.6 Å². The number of hydrogen-bond acceptors (Lipinski definition) is 3. The van der Waals surface area contributed by atoms with Gasteiger partial charge in [0.2, 0.25) is 5.91 Å². The number of benzene rings is 2. The maximum Gasteiger partial charge on any atom is 0.220 e. The molecule has 0 aliphatic carbocycles. The molecule has 1 aliphatic rings. The Balaban J connectivity index is 1.60. The molecule has 0 unspecified atom stereocenters. The molecule has 1 aliphatic heterocycles. The second-order valence-corrected chi connectivity index (χ2v) is 5.89. The molecule has 0 atom stereocenters. The van der Waals surface area contributed by atoms with E-state index in [1.807, 2.05) is 36.4 Å². The summed E-state index contributed by atoms with van der Waals surface area (Å²) in [4.78, 5) is 12.4. The lowest BCUT2D eigenvalue weighted by atomic mass is 9.88. The van der Waals surface area contributed by atoms with Gasteiger partial charge in [0.1, 0.15) is 0 Å². The van der Waals surface area contributed by atoms with Gasteiger partial charge in [-0.2, -0.15) is 0 Å². The van der Waals surface area contributed by atoms with Crippen LogP contribution in [0.15, 0.2) is 60.7 Å². The van der Waals surface area contributed by atoms with Crippen LogP contribution in [0.25, 0.3) is 0 Å². The number of nitrogens with one attached hydrogen (secondary N) is 1. The average molecular weight is 325 g/mol. The molecule has 126 valence electrons. The summed E-state index contributed by atoms with van der Waals surface area (Å²) >= 11 is 0. The summed E-state index contributed by atoms with van der Waals surface area (Å²) in [5, 5.41) is 2.98. The van der Waals surface area contributed by atoms with Crippen LogP contribution in [0.5, 0.6) is 0 Å². The summed E-state index contributed by atoms with van der Waals surface area (Å²) in [6.07, 6.45) is 0.942. The molecule has 3 rings (SSSR count). The molecule has 0 saturated carbocycles. The monoisotopic (exact) mass is 325 g/mol. The molecule has 0 radical (unpaired) electrons. The Morgan fingerprint density at radius 3 is 2.04 bits per heavy atom. The fraction of sp³-hybridized carbons (Fsp3) is 0.350. The Morgan fingerprint density at radius 1 is 0.958 bits per heavy atom. The summed E-state index contributed by atoms with van der Waals surface area (Å²) in [5.74, 6) is 0.108. The van der Waals surface area contributed by atoms with Crippen LogP contribution in [0, 0.1) is 0 Å². The summed E-state index contributed by atoms with van der Waals surface area (Å²) < 4.78 is 10.8. The zero-order chi connectivity index (χ0) is 16.6. The average Bonchev–Trinajstić information content (AvgIpc) is 3.15. The van der Waals surface area contributed by atoms with Crippen molar-refractivity contribution in [2.45, 2.75) is 25.0 Å². The van der Waals surface area contributed by atoms with Gasteiger partial charge < -0.3 is 14.8 Å². The zero-order valence-electron chi connectivity index (χ0n) is 13.7. The molecule has 0 aromatic heterocycles. The topological polar surface area (TPSA) is 47.6 Å². The second kappa shape index (κ2) is 8.62. The van der Waals surface area contributed by atoms with Crippen molar-refractivity contribution >= 4 is 5.91 Å². The highest BCUT2D eigenvalue weighted by atomic mass is 16.7. The van der Waals surface area contributed by atoms with Crippen LogP contribution in [0.4, 0.5) is 0 Å². The third-order valence-electron chi connectivity index (χ3n) is 4.19. The van der Waals surface area contributed by atoms with Crippen molar-refractivity contribution in [3.8, 4) is 0 Å². The normalized spacial score (nSPS) is 14.9. The molecular weight excluding hydrogens is 302 g/mol. The van der Waals surface area contributed by atoms with Crippen molar-refractivity contribution in [2.24, 2.45) is 0 Å². The minimum atomic E-state index is -0.177. The van der Waals surface area contributed by atoms with Crippen LogP contribution in [-0.4, -0.2) is 32.0 Å². The van der Waals surface area contributed by atoms with Crippen LogP contribution in [0.3, 0.4) is 0 Å². The fourth-order valence-electron chi connectivity index (χ4n) is 2.96. The van der Waals surface area contributed by atoms with E-state index in [-0.39, 0.29) is 18.1 Å². The first-order valence-corrected chi connectivity index (χ1v) is 8.43. The molecule has 1 fully saturated rings. The highest BCUT2D eigenvalue weighted by Gasteiger charge is 2.19. The molecule has 0 spiro atoms. The molecule has 24 heavy (non-hydrogen) atoms. The quantitative estimate of drug-likeness (QED) is 0.851. The van der Waals surface area contributed by atoms with Crippen molar-refractivity contribution in [2.75, 3.05) is 19.8 Å². The predicted octanol–water partition coefficient (Wildman–Crippen LogP) is 3.09. The van der Waals surface area contributed by atoms with E-state index in [0.717, 1.165) is 11.1 Å². The lowest BCUT2D eigenvalue weighted by molar-refractivity contribution is -0.121. The third-order valence-corrected chi connectivity index (χ3v) is 4.19. The van der Waals surface area contributed by atoms with Crippen LogP contribution >= 0.6 is 0 Å². The van der Waals surface area contributed by atoms with Gasteiger partial charge in [0, 0.05) is 25.3 Å². The molecule has 1 heterocycles. The number of carbonyl (C=O) groups excluding carboxylic acids is 1. The summed E-state index contributed by atoms with van der Waals surface area (Å²) in [5.41, 5.74) is 2.31. The first-order valence-electron chi connectivity index (χ1n) is 8.43. The van der Waals surface area contributed by atoms with Crippen molar-refractivity contribution in [1.29, 1.82) is 0 Å². The Morgan fingerprint density at radius 2 is 1.50 bits per heavy atom. The van der Waals surface area contributed by atoms with E-state index in [4.69, 9.17) is 9.47 Å². The van der Waals surface area contributed by atoms with Crippen LogP contribution < -0.4 is 5.32 Å². The molecule has 2 aromatic rings. The van der Waals surface area contributed by atoms with E-state index >= 15 is 0 Å². The Labute approximate surface area is 142 Å². The number of carbonyl (C=O) groups is 1. The highest BCUT2D eigenvalue weighted by molar-refractivity contribution is 5.77. The van der Waals surface area contributed by atoms with Gasteiger partial charge >= 0.3 is 0 Å². The van der Waals surface area contributed by atoms with Gasteiger partial charge in [0.25, 0.3) is 0 Å². The van der Waals surface area contributed by atoms with Crippen LogP contribution in [-0.2, 0) is 14.3 Å². The molecule has 0 bridgehead atoms. The maximum atomic E-state index is 12.4. The van der Waals surface area contributed by atoms with Gasteiger partial charge in [-0.15, -0.1) is 0 Å². The molecule has 2 aromatic carbocycles. The van der Waals surface area contributed by atoms with Gasteiger partial charge in [-0.25, -0.2) is 0 Å². The van der Waals surface area contributed by atoms with E-state index < -0.39 is 0 Å². The summed E-state index contributed by atoms with van der Waals surface area (Å²) in [7, 11) is 0. The number of ether oxygens (including phenoxy) is 2. The smallest absolute Gasteiger partial charge is 0.220 e. The first-order chi connectivity index (χ1) is 11.8. The Kier molecular flexibility index (Phi) is 5.99. The fourth-order valence-corrected chi connectivity index (χ4v) is 2.96. The number of hydrogen-bond donors (Lipinski definition) is 1. The Hall–Kier alpha value is -2.17. The summed E-state index contributed by atoms with van der Waals surface area (Å²) in [6.45, 7) is 1.85. The molecule has 4 nitrogen and oxygen atoms in total. The van der Waals surface area contributed by atoms with Crippen molar-refractivity contribution in [3.05, 3.63) is 71.8 Å². The lowest BCUT2D eigenvalue weighted by Gasteiger charge is -2.18. The van der Waals surface area contributed by atoms with Crippen LogP contribution in [0.2, 0.25) is 0 Å². The zero-order valence-corrected chi connectivity index (χ0v) is 13.7. The number of rotatable bonds is 7. The van der Waals surface area contributed by atoms with Crippen LogP contribution in [0.1, 0.15) is 29.9 Å². The predicted molar refractivity (Wildman–Crippen MR) is 92.7 cm³/mol. The van der Waals surface area contributed by atoms with Crippen molar-refractivity contribution in [1.82, 2.24) is 5.32 Å². The minimum Gasteiger partial charge on any atom is -0.356 e. The van der Waals surface area contributed by atoms with Gasteiger partial charge in [0.15, 0.2) is 6.29 Å². The number of amides is 1. The first kappa shape index (κ1) is 16.7. The third kappa shape index (κ3) is 4.66. The van der Waals surface area contributed by atoms with Gasteiger partial charge in [-0.05, 0) is 11.1 Å². The summed E-state index contributed by atoms with van der Waals surface area (Å²) in [6, 6.07) is 20.3. The van der Waals surface area contributed by atoms with Crippen molar-refractivity contribution in [3.63, 3.8) is 0 Å². The highest BCUT2D eigenvalue weighted by Crippen LogP contribution is 2.27. The standard InChI is InChI=1S/C20H23NO3/c22-19(21-12-11-20-23-13-14-24-20)15-18(16-7-3-1-4-8-16)17-9-5-2-6-10-17/h1-10,18,20H,11-15H2,(H,21,22). The minimum absolute atomic E-state index is 0.0469. The van der Waals surface area contributed by atoms with Gasteiger partial charge in [-0.3, -0.25) is 4.79 Å². The molecule has 1 saturated heterocycles. The van der Waals surface area contributed by atoms with Gasteiger partial charge in [0.05, 0.1) is 13.2 Å². The van der Waals surface area contributed by atoms with Gasteiger partial charge in [-0.1, -0.05) is 60.7 Å². The Bertz CT molecular complexity index is 584.